The van der Waals surface area contributed by atoms with Crippen LogP contribution in [0, 0.1) is 11.8 Å². The van der Waals surface area contributed by atoms with Gasteiger partial charge in [0.1, 0.15) is 6.61 Å². The Morgan fingerprint density at radius 1 is 1.48 bits per heavy atom. The molecule has 21 heavy (non-hydrogen) atoms. The van der Waals surface area contributed by atoms with Gasteiger partial charge in [0.05, 0.1) is 6.54 Å². The molecule has 0 aliphatic carbocycles. The van der Waals surface area contributed by atoms with Crippen molar-refractivity contribution in [2.75, 3.05) is 36.5 Å². The van der Waals surface area contributed by atoms with E-state index in [0.717, 1.165) is 18.8 Å². The number of hydrogen-bond donors (Lipinski definition) is 2. The number of ether oxygens (including phenoxy) is 1. The Bertz CT molecular complexity index is 557. The SMILES string of the molecule is CC(C(=O)Nc1cccc(N2CCOC2=O)c1)C1CNC1. The van der Waals surface area contributed by atoms with Crippen LogP contribution in [0.25, 0.3) is 0 Å². The molecule has 0 radical (unpaired) electrons. The molecule has 1 atom stereocenters. The molecule has 2 aliphatic rings. The molecule has 2 saturated heterocycles. The van der Waals surface area contributed by atoms with Crippen molar-refractivity contribution in [3.63, 3.8) is 0 Å². The first-order valence-electron chi connectivity index (χ1n) is 7.21. The van der Waals surface area contributed by atoms with E-state index in [-0.39, 0.29) is 17.9 Å². The Morgan fingerprint density at radius 2 is 2.29 bits per heavy atom. The van der Waals surface area contributed by atoms with Crippen LogP contribution < -0.4 is 15.5 Å². The molecule has 1 aromatic carbocycles. The van der Waals surface area contributed by atoms with E-state index in [1.165, 1.54) is 0 Å². The highest BCUT2D eigenvalue weighted by Gasteiger charge is 2.29. The number of carbonyl (C=O) groups excluding carboxylic acids is 2. The van der Waals surface area contributed by atoms with Gasteiger partial charge < -0.3 is 15.4 Å². The lowest BCUT2D eigenvalue weighted by atomic mass is 9.88. The highest BCUT2D eigenvalue weighted by atomic mass is 16.6. The van der Waals surface area contributed by atoms with Gasteiger partial charge in [-0.3, -0.25) is 9.69 Å². The van der Waals surface area contributed by atoms with Gasteiger partial charge in [-0.15, -0.1) is 0 Å². The molecule has 3 rings (SSSR count). The van der Waals surface area contributed by atoms with E-state index in [2.05, 4.69) is 10.6 Å². The van der Waals surface area contributed by atoms with E-state index < -0.39 is 0 Å². The summed E-state index contributed by atoms with van der Waals surface area (Å²) in [5.41, 5.74) is 1.45. The Kier molecular flexibility index (Phi) is 3.79. The van der Waals surface area contributed by atoms with Crippen LogP contribution in [0.4, 0.5) is 16.2 Å². The van der Waals surface area contributed by atoms with Crippen LogP contribution in [-0.4, -0.2) is 38.2 Å². The zero-order valence-corrected chi connectivity index (χ0v) is 12.0. The minimum Gasteiger partial charge on any atom is -0.447 e. The van der Waals surface area contributed by atoms with Crippen LogP contribution in [0.2, 0.25) is 0 Å². The van der Waals surface area contributed by atoms with Crippen LogP contribution >= 0.6 is 0 Å². The molecule has 2 aliphatic heterocycles. The Balaban J connectivity index is 1.68. The summed E-state index contributed by atoms with van der Waals surface area (Å²) >= 11 is 0. The van der Waals surface area contributed by atoms with E-state index in [9.17, 15) is 9.59 Å². The van der Waals surface area contributed by atoms with Crippen LogP contribution in [0.3, 0.4) is 0 Å². The van der Waals surface area contributed by atoms with Crippen molar-refractivity contribution in [2.45, 2.75) is 6.92 Å². The van der Waals surface area contributed by atoms with Crippen molar-refractivity contribution in [3.8, 4) is 0 Å². The zero-order chi connectivity index (χ0) is 14.8. The number of benzene rings is 1. The zero-order valence-electron chi connectivity index (χ0n) is 12.0. The highest BCUT2D eigenvalue weighted by Crippen LogP contribution is 2.24. The first kappa shape index (κ1) is 13.9. The van der Waals surface area contributed by atoms with E-state index >= 15 is 0 Å². The summed E-state index contributed by atoms with van der Waals surface area (Å²) in [5, 5.41) is 6.10. The number of anilines is 2. The standard InChI is InChI=1S/C15H19N3O3/c1-10(11-8-16-9-11)14(19)17-12-3-2-4-13(7-12)18-5-6-21-15(18)20/h2-4,7,10-11,16H,5-6,8-9H2,1H3,(H,17,19). The lowest BCUT2D eigenvalue weighted by Gasteiger charge is -2.31. The molecule has 0 spiro atoms. The number of nitrogens with one attached hydrogen (secondary N) is 2. The van der Waals surface area contributed by atoms with Crippen molar-refractivity contribution in [1.29, 1.82) is 0 Å². The summed E-state index contributed by atoms with van der Waals surface area (Å²) in [6.45, 7) is 4.69. The fourth-order valence-electron chi connectivity index (χ4n) is 2.51. The molecule has 1 unspecified atom stereocenters. The van der Waals surface area contributed by atoms with Gasteiger partial charge in [-0.2, -0.15) is 0 Å². The van der Waals surface area contributed by atoms with Gasteiger partial charge in [0.25, 0.3) is 0 Å². The van der Waals surface area contributed by atoms with Gasteiger partial charge >= 0.3 is 6.09 Å². The van der Waals surface area contributed by atoms with E-state index in [4.69, 9.17) is 4.74 Å². The van der Waals surface area contributed by atoms with Crippen molar-refractivity contribution in [2.24, 2.45) is 11.8 Å². The fraction of sp³-hybridized carbons (Fsp3) is 0.467. The number of hydrogen-bond acceptors (Lipinski definition) is 4. The average Bonchev–Trinajstić information content (AvgIpc) is 2.83. The number of nitrogens with zero attached hydrogens (tertiary/aromatic N) is 1. The third-order valence-electron chi connectivity index (χ3n) is 4.12. The molecule has 2 N–H and O–H groups in total. The lowest BCUT2D eigenvalue weighted by molar-refractivity contribution is -0.121. The topological polar surface area (TPSA) is 70.7 Å². The number of cyclic esters (lactones) is 1. The fourth-order valence-corrected chi connectivity index (χ4v) is 2.51. The molecule has 2 amide bonds. The normalized spacial score (nSPS) is 19.9. The third kappa shape index (κ3) is 2.85. The lowest BCUT2D eigenvalue weighted by Crippen LogP contribution is -2.48. The first-order valence-corrected chi connectivity index (χ1v) is 7.21. The summed E-state index contributed by atoms with van der Waals surface area (Å²) < 4.78 is 4.93. The number of amides is 2. The molecule has 6 nitrogen and oxygen atoms in total. The summed E-state index contributed by atoms with van der Waals surface area (Å²) in [4.78, 5) is 25.3. The van der Waals surface area contributed by atoms with Gasteiger partial charge in [-0.25, -0.2) is 4.79 Å². The maximum atomic E-state index is 12.2. The highest BCUT2D eigenvalue weighted by molar-refractivity contribution is 5.94. The quantitative estimate of drug-likeness (QED) is 0.880. The minimum atomic E-state index is -0.340. The summed E-state index contributed by atoms with van der Waals surface area (Å²) in [6.07, 6.45) is -0.340. The summed E-state index contributed by atoms with van der Waals surface area (Å²) in [7, 11) is 0. The molecular weight excluding hydrogens is 270 g/mol. The predicted octanol–water partition coefficient (Wildman–Crippen LogP) is 1.44. The molecule has 0 bridgehead atoms. The molecule has 6 heteroatoms. The molecule has 1 aromatic rings. The molecular formula is C15H19N3O3. The van der Waals surface area contributed by atoms with Gasteiger partial charge in [-0.05, 0) is 37.2 Å². The Labute approximate surface area is 123 Å². The molecule has 0 aromatic heterocycles. The molecule has 2 heterocycles. The van der Waals surface area contributed by atoms with Crippen molar-refractivity contribution in [3.05, 3.63) is 24.3 Å². The van der Waals surface area contributed by atoms with Crippen molar-refractivity contribution >= 4 is 23.4 Å². The van der Waals surface area contributed by atoms with Gasteiger partial charge in [0, 0.05) is 17.3 Å². The average molecular weight is 289 g/mol. The molecule has 0 saturated carbocycles. The maximum absolute atomic E-state index is 12.2. The molecule has 2 fully saturated rings. The summed E-state index contributed by atoms with van der Waals surface area (Å²) in [6, 6.07) is 7.29. The smallest absolute Gasteiger partial charge is 0.414 e. The monoisotopic (exact) mass is 289 g/mol. The second-order valence-electron chi connectivity index (χ2n) is 5.51. The second-order valence-corrected chi connectivity index (χ2v) is 5.51. The van der Waals surface area contributed by atoms with Crippen LogP contribution in [0.1, 0.15) is 6.92 Å². The van der Waals surface area contributed by atoms with E-state index in [1.54, 1.807) is 11.0 Å². The Hall–Kier alpha value is -2.08. The number of carbonyl (C=O) groups is 2. The third-order valence-corrected chi connectivity index (χ3v) is 4.12. The molecule has 112 valence electrons. The van der Waals surface area contributed by atoms with Crippen molar-refractivity contribution < 1.29 is 14.3 Å². The van der Waals surface area contributed by atoms with E-state index in [0.29, 0.717) is 24.8 Å². The first-order chi connectivity index (χ1) is 10.1. The van der Waals surface area contributed by atoms with Gasteiger partial charge in [-0.1, -0.05) is 13.0 Å². The van der Waals surface area contributed by atoms with Crippen molar-refractivity contribution in [1.82, 2.24) is 5.32 Å². The predicted molar refractivity (Wildman–Crippen MR) is 79.3 cm³/mol. The summed E-state index contributed by atoms with van der Waals surface area (Å²) in [5.74, 6) is 0.399. The minimum absolute atomic E-state index is 0.0163. The van der Waals surface area contributed by atoms with Crippen LogP contribution in [0.15, 0.2) is 24.3 Å². The van der Waals surface area contributed by atoms with Crippen LogP contribution in [0.5, 0.6) is 0 Å². The van der Waals surface area contributed by atoms with Gasteiger partial charge in [0.15, 0.2) is 0 Å². The van der Waals surface area contributed by atoms with E-state index in [1.807, 2.05) is 25.1 Å². The second kappa shape index (κ2) is 5.73. The largest absolute Gasteiger partial charge is 0.447 e. The maximum Gasteiger partial charge on any atom is 0.414 e. The van der Waals surface area contributed by atoms with Gasteiger partial charge in [0.2, 0.25) is 5.91 Å². The van der Waals surface area contributed by atoms with Crippen LogP contribution in [-0.2, 0) is 9.53 Å². The Morgan fingerprint density at radius 3 is 2.90 bits per heavy atom. The number of rotatable bonds is 4.